The highest BCUT2D eigenvalue weighted by Gasteiger charge is 1.93. The lowest BCUT2D eigenvalue weighted by Crippen LogP contribution is -2.05. The van der Waals surface area contributed by atoms with Gasteiger partial charge in [-0.25, -0.2) is 0 Å². The smallest absolute Gasteiger partial charge is 0.132 e. The number of aromatic nitrogens is 2. The Morgan fingerprint density at radius 1 is 1.62 bits per heavy atom. The Morgan fingerprint density at radius 3 is 2.62 bits per heavy atom. The molecule has 0 saturated carbocycles. The number of nitrogens with zero attached hydrogens (tertiary/aromatic N) is 3. The van der Waals surface area contributed by atoms with E-state index >= 15 is 0 Å². The predicted molar refractivity (Wildman–Crippen MR) is 34.2 cm³/mol. The van der Waals surface area contributed by atoms with Crippen LogP contribution in [0.3, 0.4) is 0 Å². The van der Waals surface area contributed by atoms with E-state index in [2.05, 4.69) is 9.59 Å². The maximum absolute atomic E-state index is 3.69. The van der Waals surface area contributed by atoms with E-state index in [1.165, 1.54) is 11.5 Å². The van der Waals surface area contributed by atoms with E-state index in [-0.39, 0.29) is 0 Å². The first-order valence-corrected chi connectivity index (χ1v) is 3.03. The SMILES string of the molecule is CN(C)c1cnns1. The van der Waals surface area contributed by atoms with Crippen LogP contribution in [0.5, 0.6) is 0 Å². The van der Waals surface area contributed by atoms with Crippen LogP contribution in [0.1, 0.15) is 0 Å². The third kappa shape index (κ3) is 0.949. The average molecular weight is 129 g/mol. The van der Waals surface area contributed by atoms with Crippen LogP contribution in [0.4, 0.5) is 5.00 Å². The first-order valence-electron chi connectivity index (χ1n) is 2.25. The molecule has 0 atom stereocenters. The first-order chi connectivity index (χ1) is 3.80. The fourth-order valence-corrected chi connectivity index (χ4v) is 0.795. The molecule has 0 aromatic carbocycles. The second-order valence-corrected chi connectivity index (χ2v) is 2.41. The van der Waals surface area contributed by atoms with Crippen LogP contribution in [0.15, 0.2) is 6.20 Å². The molecule has 1 aromatic rings. The van der Waals surface area contributed by atoms with E-state index in [9.17, 15) is 0 Å². The van der Waals surface area contributed by atoms with Crippen LogP contribution in [-0.4, -0.2) is 23.7 Å². The Morgan fingerprint density at radius 2 is 2.38 bits per heavy atom. The summed E-state index contributed by atoms with van der Waals surface area (Å²) in [6.07, 6.45) is 1.74. The Bertz CT molecular complexity index is 146. The summed E-state index contributed by atoms with van der Waals surface area (Å²) in [5.41, 5.74) is 0. The molecule has 0 saturated heterocycles. The molecule has 3 nitrogen and oxygen atoms in total. The molecule has 1 rings (SSSR count). The average Bonchev–Trinajstić information content (AvgIpc) is 2.12. The third-order valence-electron chi connectivity index (χ3n) is 0.790. The molecule has 0 amide bonds. The van der Waals surface area contributed by atoms with E-state index in [0.717, 1.165) is 5.00 Å². The molecule has 4 heteroatoms. The molecule has 0 aliphatic heterocycles. The van der Waals surface area contributed by atoms with E-state index in [0.29, 0.717) is 0 Å². The highest BCUT2D eigenvalue weighted by atomic mass is 32.1. The molecular weight excluding hydrogens is 122 g/mol. The topological polar surface area (TPSA) is 29.0 Å². The maximum atomic E-state index is 3.69. The summed E-state index contributed by atoms with van der Waals surface area (Å²) in [4.78, 5) is 1.98. The van der Waals surface area contributed by atoms with Crippen LogP contribution in [0.25, 0.3) is 0 Å². The zero-order chi connectivity index (χ0) is 5.98. The van der Waals surface area contributed by atoms with Crippen molar-refractivity contribution >= 4 is 16.5 Å². The first kappa shape index (κ1) is 5.50. The van der Waals surface area contributed by atoms with Crippen molar-refractivity contribution in [3.05, 3.63) is 6.20 Å². The van der Waals surface area contributed by atoms with Crippen molar-refractivity contribution in [3.63, 3.8) is 0 Å². The van der Waals surface area contributed by atoms with Gasteiger partial charge < -0.3 is 4.90 Å². The van der Waals surface area contributed by atoms with E-state index in [1.54, 1.807) is 6.20 Å². The van der Waals surface area contributed by atoms with Gasteiger partial charge in [-0.2, -0.15) is 0 Å². The van der Waals surface area contributed by atoms with Crippen molar-refractivity contribution in [2.45, 2.75) is 0 Å². The highest BCUT2D eigenvalue weighted by molar-refractivity contribution is 7.09. The second-order valence-electron chi connectivity index (χ2n) is 1.65. The lowest BCUT2D eigenvalue weighted by molar-refractivity contribution is 1.12. The minimum atomic E-state index is 1.09. The monoisotopic (exact) mass is 129 g/mol. The summed E-state index contributed by atoms with van der Waals surface area (Å²) < 4.78 is 3.69. The van der Waals surface area contributed by atoms with Gasteiger partial charge in [0.05, 0.1) is 6.20 Å². The van der Waals surface area contributed by atoms with Crippen LogP contribution in [-0.2, 0) is 0 Å². The van der Waals surface area contributed by atoms with Crippen LogP contribution < -0.4 is 4.90 Å². The van der Waals surface area contributed by atoms with Crippen molar-refractivity contribution in [2.75, 3.05) is 19.0 Å². The Hall–Kier alpha value is -0.640. The zero-order valence-electron chi connectivity index (χ0n) is 4.83. The minimum absolute atomic E-state index is 1.09. The predicted octanol–water partition coefficient (Wildman–Crippen LogP) is 0.604. The lowest BCUT2D eigenvalue weighted by atomic mass is 10.7. The minimum Gasteiger partial charge on any atom is -0.367 e. The van der Waals surface area contributed by atoms with Crippen molar-refractivity contribution in [2.24, 2.45) is 0 Å². The number of hydrogen-bond donors (Lipinski definition) is 0. The molecule has 0 bridgehead atoms. The molecule has 0 aliphatic carbocycles. The van der Waals surface area contributed by atoms with E-state index < -0.39 is 0 Å². The normalized spacial score (nSPS) is 9.25. The quantitative estimate of drug-likeness (QED) is 0.556. The van der Waals surface area contributed by atoms with Crippen LogP contribution in [0.2, 0.25) is 0 Å². The molecule has 44 valence electrons. The van der Waals surface area contributed by atoms with Gasteiger partial charge in [0.15, 0.2) is 0 Å². The molecule has 0 radical (unpaired) electrons. The Labute approximate surface area is 52.1 Å². The van der Waals surface area contributed by atoms with Crippen LogP contribution in [0, 0.1) is 0 Å². The van der Waals surface area contributed by atoms with Crippen molar-refractivity contribution in [1.29, 1.82) is 0 Å². The van der Waals surface area contributed by atoms with E-state index in [1.807, 2.05) is 19.0 Å². The Kier molecular flexibility index (Phi) is 1.43. The maximum Gasteiger partial charge on any atom is 0.132 e. The van der Waals surface area contributed by atoms with Gasteiger partial charge >= 0.3 is 0 Å². The van der Waals surface area contributed by atoms with Gasteiger partial charge in [-0.1, -0.05) is 4.49 Å². The fraction of sp³-hybridized carbons (Fsp3) is 0.500. The molecule has 0 spiro atoms. The van der Waals surface area contributed by atoms with Gasteiger partial charge in [0, 0.05) is 25.6 Å². The largest absolute Gasteiger partial charge is 0.367 e. The molecule has 1 aromatic heterocycles. The highest BCUT2D eigenvalue weighted by Crippen LogP contribution is 2.11. The van der Waals surface area contributed by atoms with Crippen molar-refractivity contribution in [1.82, 2.24) is 9.59 Å². The zero-order valence-corrected chi connectivity index (χ0v) is 5.64. The molecule has 0 unspecified atom stereocenters. The van der Waals surface area contributed by atoms with Crippen molar-refractivity contribution in [3.8, 4) is 0 Å². The Balaban J connectivity index is 2.77. The molecule has 0 aliphatic rings. The van der Waals surface area contributed by atoms with Gasteiger partial charge in [-0.05, 0) is 0 Å². The summed E-state index contributed by atoms with van der Waals surface area (Å²) >= 11 is 1.40. The standard InChI is InChI=1S/C4H7N3S/c1-7(2)4-3-5-6-8-4/h3H,1-2H3. The molecule has 0 N–H and O–H groups in total. The summed E-state index contributed by atoms with van der Waals surface area (Å²) in [5.74, 6) is 0. The molecular formula is C4H7N3S. The molecule has 8 heavy (non-hydrogen) atoms. The van der Waals surface area contributed by atoms with E-state index in [4.69, 9.17) is 0 Å². The number of hydrogen-bond acceptors (Lipinski definition) is 4. The van der Waals surface area contributed by atoms with Gasteiger partial charge in [0.2, 0.25) is 0 Å². The van der Waals surface area contributed by atoms with Gasteiger partial charge in [0.1, 0.15) is 5.00 Å². The number of anilines is 1. The molecule has 0 fully saturated rings. The second kappa shape index (κ2) is 2.09. The summed E-state index contributed by atoms with van der Waals surface area (Å²) in [7, 11) is 3.93. The van der Waals surface area contributed by atoms with Gasteiger partial charge in [0.25, 0.3) is 0 Å². The number of rotatable bonds is 1. The van der Waals surface area contributed by atoms with Gasteiger partial charge in [-0.15, -0.1) is 5.10 Å². The lowest BCUT2D eigenvalue weighted by Gasteiger charge is -2.04. The van der Waals surface area contributed by atoms with Crippen LogP contribution >= 0.6 is 11.5 Å². The fourth-order valence-electron chi connectivity index (χ4n) is 0.359. The third-order valence-corrected chi connectivity index (χ3v) is 1.62. The van der Waals surface area contributed by atoms with Gasteiger partial charge in [-0.3, -0.25) is 0 Å². The van der Waals surface area contributed by atoms with Crippen molar-refractivity contribution < 1.29 is 0 Å². The summed E-state index contributed by atoms with van der Waals surface area (Å²) in [5, 5.41) is 4.76. The molecule has 1 heterocycles. The summed E-state index contributed by atoms with van der Waals surface area (Å²) in [6, 6.07) is 0. The summed E-state index contributed by atoms with van der Waals surface area (Å²) in [6.45, 7) is 0.